The number of aryl methyl sites for hydroxylation is 1. The molecule has 0 aliphatic carbocycles. The lowest BCUT2D eigenvalue weighted by molar-refractivity contribution is 0.0954. The zero-order valence-corrected chi connectivity index (χ0v) is 17.6. The molecule has 3 aromatic heterocycles. The molecule has 0 saturated heterocycles. The maximum Gasteiger partial charge on any atom is 0.263 e. The lowest BCUT2D eigenvalue weighted by Crippen LogP contribution is -2.22. The van der Waals surface area contributed by atoms with Gasteiger partial charge in [-0.1, -0.05) is 36.4 Å². The van der Waals surface area contributed by atoms with Gasteiger partial charge in [0.25, 0.3) is 11.5 Å². The molecular formula is C23H20N4O3S. The van der Waals surface area contributed by atoms with E-state index in [1.165, 1.54) is 17.5 Å². The van der Waals surface area contributed by atoms with Gasteiger partial charge in [0, 0.05) is 18.9 Å². The van der Waals surface area contributed by atoms with Gasteiger partial charge in [-0.25, -0.2) is 4.98 Å². The Morgan fingerprint density at radius 3 is 2.71 bits per heavy atom. The predicted molar refractivity (Wildman–Crippen MR) is 119 cm³/mol. The third-order valence-corrected chi connectivity index (χ3v) is 5.71. The molecule has 0 radical (unpaired) electrons. The summed E-state index contributed by atoms with van der Waals surface area (Å²) < 4.78 is 5.86. The van der Waals surface area contributed by atoms with E-state index in [2.05, 4.69) is 20.3 Å². The zero-order chi connectivity index (χ0) is 21.6. The number of hydrogen-bond donors (Lipinski definition) is 2. The molecule has 0 atom stereocenters. The van der Waals surface area contributed by atoms with E-state index in [4.69, 9.17) is 4.74 Å². The molecule has 0 bridgehead atoms. The number of ether oxygens (including phenoxy) is 1. The van der Waals surface area contributed by atoms with E-state index in [9.17, 15) is 9.59 Å². The van der Waals surface area contributed by atoms with Gasteiger partial charge in [0.05, 0.1) is 11.4 Å². The standard InChI is InChI=1S/C23H20N4O3S/c1-15-20(22(29)26-13-16-7-3-2-4-8-16)31-23(27-15)19-18(10-12-25-21(19)28)30-14-17-9-5-6-11-24-17/h2-12H,13-14H2,1H3,(H,25,28)(H,26,29). The first-order chi connectivity index (χ1) is 15.1. The maximum absolute atomic E-state index is 12.7. The van der Waals surface area contributed by atoms with Crippen LogP contribution in [0.15, 0.2) is 71.8 Å². The highest BCUT2D eigenvalue weighted by atomic mass is 32.1. The highest BCUT2D eigenvalue weighted by Gasteiger charge is 2.21. The number of H-pyrrole nitrogens is 1. The van der Waals surface area contributed by atoms with E-state index < -0.39 is 0 Å². The Kier molecular flexibility index (Phi) is 6.18. The molecule has 0 aliphatic heterocycles. The summed E-state index contributed by atoms with van der Waals surface area (Å²) in [5.41, 5.74) is 2.27. The molecule has 1 aromatic carbocycles. The van der Waals surface area contributed by atoms with Gasteiger partial charge in [-0.3, -0.25) is 14.6 Å². The quantitative estimate of drug-likeness (QED) is 0.464. The minimum absolute atomic E-state index is 0.214. The lowest BCUT2D eigenvalue weighted by atomic mass is 10.2. The molecule has 31 heavy (non-hydrogen) atoms. The van der Waals surface area contributed by atoms with Crippen molar-refractivity contribution >= 4 is 17.2 Å². The third kappa shape index (κ3) is 4.87. The van der Waals surface area contributed by atoms with Crippen molar-refractivity contribution in [1.29, 1.82) is 0 Å². The van der Waals surface area contributed by atoms with Crippen molar-refractivity contribution in [1.82, 2.24) is 20.3 Å². The Bertz CT molecular complexity index is 1240. The average molecular weight is 433 g/mol. The normalized spacial score (nSPS) is 10.6. The summed E-state index contributed by atoms with van der Waals surface area (Å²) in [7, 11) is 0. The van der Waals surface area contributed by atoms with Gasteiger partial charge < -0.3 is 15.0 Å². The SMILES string of the molecule is Cc1nc(-c2c(OCc3ccccn3)cc[nH]c2=O)sc1C(=O)NCc1ccccc1. The van der Waals surface area contributed by atoms with Crippen LogP contribution in [-0.2, 0) is 13.2 Å². The Balaban J connectivity index is 1.56. The Labute approximate surface area is 182 Å². The van der Waals surface area contributed by atoms with Crippen LogP contribution in [0.3, 0.4) is 0 Å². The number of carbonyl (C=O) groups excluding carboxylic acids is 1. The summed E-state index contributed by atoms with van der Waals surface area (Å²) in [5, 5.41) is 3.33. The molecule has 4 aromatic rings. The van der Waals surface area contributed by atoms with E-state index in [0.29, 0.717) is 33.4 Å². The second kappa shape index (κ2) is 9.36. The maximum atomic E-state index is 12.7. The number of thiazole rings is 1. The zero-order valence-electron chi connectivity index (χ0n) is 16.8. The second-order valence-corrected chi connectivity index (χ2v) is 7.76. The first-order valence-electron chi connectivity index (χ1n) is 9.66. The molecule has 0 fully saturated rings. The van der Waals surface area contributed by atoms with E-state index in [1.807, 2.05) is 48.5 Å². The fourth-order valence-electron chi connectivity index (χ4n) is 2.99. The van der Waals surface area contributed by atoms with Crippen LogP contribution in [0.2, 0.25) is 0 Å². The van der Waals surface area contributed by atoms with Crippen LogP contribution < -0.4 is 15.6 Å². The molecule has 1 amide bonds. The largest absolute Gasteiger partial charge is 0.486 e. The lowest BCUT2D eigenvalue weighted by Gasteiger charge is -2.08. The van der Waals surface area contributed by atoms with Crippen LogP contribution in [0, 0.1) is 6.92 Å². The van der Waals surface area contributed by atoms with Gasteiger partial charge in [0.1, 0.15) is 27.8 Å². The van der Waals surface area contributed by atoms with Gasteiger partial charge in [-0.2, -0.15) is 0 Å². The summed E-state index contributed by atoms with van der Waals surface area (Å²) in [6, 6.07) is 16.9. The van der Waals surface area contributed by atoms with Crippen LogP contribution in [-0.4, -0.2) is 20.9 Å². The number of pyridine rings is 2. The smallest absolute Gasteiger partial charge is 0.263 e. The monoisotopic (exact) mass is 432 g/mol. The van der Waals surface area contributed by atoms with Crippen molar-refractivity contribution in [3.63, 3.8) is 0 Å². The van der Waals surface area contributed by atoms with Gasteiger partial charge in [-0.15, -0.1) is 11.3 Å². The molecule has 156 valence electrons. The van der Waals surface area contributed by atoms with Crippen molar-refractivity contribution in [3.05, 3.63) is 99.2 Å². The van der Waals surface area contributed by atoms with Crippen LogP contribution in [0.25, 0.3) is 10.6 Å². The number of nitrogens with zero attached hydrogens (tertiary/aromatic N) is 2. The molecule has 0 aliphatic rings. The van der Waals surface area contributed by atoms with E-state index >= 15 is 0 Å². The number of nitrogens with one attached hydrogen (secondary N) is 2. The average Bonchev–Trinajstić information content (AvgIpc) is 3.18. The molecular weight excluding hydrogens is 412 g/mol. The fraction of sp³-hybridized carbons (Fsp3) is 0.130. The number of amides is 1. The minimum atomic E-state index is -0.330. The van der Waals surface area contributed by atoms with E-state index in [0.717, 1.165) is 11.3 Å². The Morgan fingerprint density at radius 2 is 1.94 bits per heavy atom. The second-order valence-electron chi connectivity index (χ2n) is 6.76. The van der Waals surface area contributed by atoms with Crippen LogP contribution in [0.4, 0.5) is 0 Å². The first kappa shape index (κ1) is 20.5. The van der Waals surface area contributed by atoms with Gasteiger partial charge in [0.2, 0.25) is 0 Å². The highest BCUT2D eigenvalue weighted by molar-refractivity contribution is 7.17. The number of aromatic nitrogens is 3. The van der Waals surface area contributed by atoms with Crippen LogP contribution >= 0.6 is 11.3 Å². The summed E-state index contributed by atoms with van der Waals surface area (Å²) >= 11 is 1.17. The summed E-state index contributed by atoms with van der Waals surface area (Å²) in [6.07, 6.45) is 3.20. The van der Waals surface area contributed by atoms with Crippen molar-refractivity contribution < 1.29 is 9.53 Å². The molecule has 4 rings (SSSR count). The molecule has 3 heterocycles. The Hall–Kier alpha value is -3.78. The van der Waals surface area contributed by atoms with E-state index in [1.54, 1.807) is 19.2 Å². The van der Waals surface area contributed by atoms with Crippen molar-refractivity contribution in [2.45, 2.75) is 20.1 Å². The van der Waals surface area contributed by atoms with Crippen molar-refractivity contribution in [2.24, 2.45) is 0 Å². The first-order valence-corrected chi connectivity index (χ1v) is 10.5. The molecule has 0 saturated carbocycles. The summed E-state index contributed by atoms with van der Waals surface area (Å²) in [6.45, 7) is 2.38. The van der Waals surface area contributed by atoms with Crippen LogP contribution in [0.5, 0.6) is 5.75 Å². The Morgan fingerprint density at radius 1 is 1.13 bits per heavy atom. The van der Waals surface area contributed by atoms with Crippen LogP contribution in [0.1, 0.15) is 26.6 Å². The minimum Gasteiger partial charge on any atom is -0.486 e. The topological polar surface area (TPSA) is 97.0 Å². The predicted octanol–water partition coefficient (Wildman–Crippen LogP) is 3.71. The van der Waals surface area contributed by atoms with E-state index in [-0.39, 0.29) is 18.1 Å². The number of carbonyl (C=O) groups is 1. The van der Waals surface area contributed by atoms with Gasteiger partial charge in [0.15, 0.2) is 0 Å². The highest BCUT2D eigenvalue weighted by Crippen LogP contribution is 2.32. The summed E-state index contributed by atoms with van der Waals surface area (Å²) in [5.74, 6) is 0.160. The van der Waals surface area contributed by atoms with Gasteiger partial charge >= 0.3 is 0 Å². The molecule has 2 N–H and O–H groups in total. The molecule has 0 unspecified atom stereocenters. The molecule has 0 spiro atoms. The third-order valence-electron chi connectivity index (χ3n) is 4.54. The number of benzene rings is 1. The number of aromatic amines is 1. The number of hydrogen-bond acceptors (Lipinski definition) is 6. The van der Waals surface area contributed by atoms with Crippen molar-refractivity contribution in [3.8, 4) is 16.3 Å². The van der Waals surface area contributed by atoms with Gasteiger partial charge in [-0.05, 0) is 30.7 Å². The fourth-order valence-corrected chi connectivity index (χ4v) is 4.02. The summed E-state index contributed by atoms with van der Waals surface area (Å²) in [4.78, 5) is 37.1. The number of rotatable bonds is 7. The molecule has 8 heteroatoms. The molecule has 7 nitrogen and oxygen atoms in total. The van der Waals surface area contributed by atoms with Crippen molar-refractivity contribution in [2.75, 3.05) is 0 Å².